The van der Waals surface area contributed by atoms with Crippen LogP contribution in [0, 0.1) is 5.41 Å². The third-order valence-electron chi connectivity index (χ3n) is 4.45. The highest BCUT2D eigenvalue weighted by molar-refractivity contribution is 8.32. The first kappa shape index (κ1) is 9.56. The molecule has 0 saturated carbocycles. The Hall–Kier alpha value is 0.340. The highest BCUT2D eigenvalue weighted by Crippen LogP contribution is 2.89. The molecule has 0 spiro atoms. The van der Waals surface area contributed by atoms with Gasteiger partial charge in [-0.15, -0.1) is 0 Å². The van der Waals surface area contributed by atoms with Gasteiger partial charge in [-0.3, -0.25) is 0 Å². The zero-order chi connectivity index (χ0) is 10.1. The molecule has 3 heterocycles. The smallest absolute Gasteiger partial charge is 0.0139 e. The van der Waals surface area contributed by atoms with Crippen LogP contribution in [0.25, 0.3) is 0 Å². The summed E-state index contributed by atoms with van der Waals surface area (Å²) in [6, 6.07) is 0. The molecule has 3 aliphatic heterocycles. The monoisotopic (exact) mass is 224 g/mol. The van der Waals surface area contributed by atoms with Crippen molar-refractivity contribution < 1.29 is 0 Å². The van der Waals surface area contributed by atoms with Crippen molar-refractivity contribution >= 4 is 15.2 Å². The van der Waals surface area contributed by atoms with Crippen molar-refractivity contribution in [2.75, 3.05) is 12.3 Å². The van der Waals surface area contributed by atoms with Crippen molar-refractivity contribution in [1.82, 2.24) is 0 Å². The minimum Gasteiger partial charge on any atom is -0.0691 e. The van der Waals surface area contributed by atoms with Gasteiger partial charge in [-0.2, -0.15) is 0 Å². The minimum absolute atomic E-state index is 0.311. The Kier molecular flexibility index (Phi) is 1.86. The zero-order valence-electron chi connectivity index (χ0n) is 9.46. The van der Waals surface area contributed by atoms with Gasteiger partial charge in [-0.05, 0) is 33.1 Å². The molecule has 3 aliphatic rings. The van der Waals surface area contributed by atoms with Gasteiger partial charge in [0, 0.05) is 11.1 Å². The van der Waals surface area contributed by atoms with Crippen LogP contribution < -0.4 is 0 Å². The zero-order valence-corrected chi connectivity index (χ0v) is 11.3. The van der Waals surface area contributed by atoms with Crippen LogP contribution in [0.3, 0.4) is 0 Å². The molecule has 0 aromatic carbocycles. The van der Waals surface area contributed by atoms with Gasteiger partial charge >= 0.3 is 0 Å². The van der Waals surface area contributed by atoms with E-state index in [9.17, 15) is 0 Å². The van der Waals surface area contributed by atoms with Crippen LogP contribution in [0.1, 0.15) is 27.7 Å². The molecular formula is C12H18P2. The van der Waals surface area contributed by atoms with E-state index >= 15 is 0 Å². The van der Waals surface area contributed by atoms with Gasteiger partial charge in [-0.1, -0.05) is 44.7 Å². The van der Waals surface area contributed by atoms with Crippen molar-refractivity contribution in [3.63, 3.8) is 0 Å². The van der Waals surface area contributed by atoms with Gasteiger partial charge < -0.3 is 0 Å². The molecular weight excluding hydrogens is 206 g/mol. The van der Waals surface area contributed by atoms with E-state index in [1.165, 1.54) is 12.3 Å². The van der Waals surface area contributed by atoms with Crippen molar-refractivity contribution in [2.45, 2.75) is 33.4 Å². The molecule has 76 valence electrons. The summed E-state index contributed by atoms with van der Waals surface area (Å²) < 4.78 is 0. The van der Waals surface area contributed by atoms with E-state index in [0.29, 0.717) is 20.6 Å². The van der Waals surface area contributed by atoms with Gasteiger partial charge in [0.25, 0.3) is 0 Å². The quantitative estimate of drug-likeness (QED) is 0.419. The van der Waals surface area contributed by atoms with Crippen molar-refractivity contribution in [3.05, 3.63) is 22.5 Å². The van der Waals surface area contributed by atoms with E-state index in [-0.39, 0.29) is 0 Å². The summed E-state index contributed by atoms with van der Waals surface area (Å²) in [5.41, 5.74) is 6.76. The molecule has 2 bridgehead atoms. The second-order valence-electron chi connectivity index (χ2n) is 5.29. The van der Waals surface area contributed by atoms with Gasteiger partial charge in [0.15, 0.2) is 0 Å². The molecule has 4 unspecified atom stereocenters. The number of rotatable bonds is 0. The van der Waals surface area contributed by atoms with Crippen molar-refractivity contribution in [1.29, 1.82) is 0 Å². The van der Waals surface area contributed by atoms with E-state index in [4.69, 9.17) is 0 Å². The Morgan fingerprint density at radius 3 is 2.79 bits per heavy atom. The summed E-state index contributed by atoms with van der Waals surface area (Å²) in [6.07, 6.45) is 2.99. The van der Waals surface area contributed by atoms with Gasteiger partial charge in [0.1, 0.15) is 0 Å². The van der Waals surface area contributed by atoms with E-state index in [0.717, 1.165) is 5.66 Å². The van der Waals surface area contributed by atoms with Gasteiger partial charge in [0.2, 0.25) is 0 Å². The average molecular weight is 224 g/mol. The highest BCUT2D eigenvalue weighted by atomic mass is 32.1. The second-order valence-corrected chi connectivity index (χ2v) is 11.5. The maximum atomic E-state index is 2.66. The molecule has 0 amide bonds. The summed E-state index contributed by atoms with van der Waals surface area (Å²) in [4.78, 5) is 0. The Bertz CT molecular complexity index is 367. The fraction of sp³-hybridized carbons (Fsp3) is 0.667. The molecule has 4 atom stereocenters. The predicted molar refractivity (Wildman–Crippen MR) is 67.6 cm³/mol. The molecule has 0 nitrogen and oxygen atoms in total. The van der Waals surface area contributed by atoms with Crippen LogP contribution in [0.15, 0.2) is 22.5 Å². The van der Waals surface area contributed by atoms with Crippen LogP contribution in [0.2, 0.25) is 0 Å². The Morgan fingerprint density at radius 1 is 1.36 bits per heavy atom. The third-order valence-corrected chi connectivity index (χ3v) is 13.0. The van der Waals surface area contributed by atoms with Crippen molar-refractivity contribution in [2.24, 2.45) is 5.41 Å². The number of fused-ring (bicyclic) bond motifs is 5. The topological polar surface area (TPSA) is 0 Å². The van der Waals surface area contributed by atoms with Crippen LogP contribution in [-0.4, -0.2) is 18.0 Å². The van der Waals surface area contributed by atoms with Crippen LogP contribution >= 0.6 is 15.2 Å². The molecule has 0 radical (unpaired) electrons. The SMILES string of the molecule is CC1=CP2CC1(C)C1C(C)=C(C)CP12. The first-order valence-corrected chi connectivity index (χ1v) is 9.32. The van der Waals surface area contributed by atoms with Crippen LogP contribution in [-0.2, 0) is 0 Å². The molecule has 0 aliphatic carbocycles. The Morgan fingerprint density at radius 2 is 2.07 bits per heavy atom. The second kappa shape index (κ2) is 2.72. The number of allylic oxidation sites excluding steroid dienone is 3. The Labute approximate surface area is 89.3 Å². The van der Waals surface area contributed by atoms with E-state index < -0.39 is 0 Å². The van der Waals surface area contributed by atoms with E-state index in [1.54, 1.807) is 16.7 Å². The summed E-state index contributed by atoms with van der Waals surface area (Å²) in [5.74, 6) is 2.66. The van der Waals surface area contributed by atoms with Crippen LogP contribution in [0.5, 0.6) is 0 Å². The maximum absolute atomic E-state index is 2.66. The summed E-state index contributed by atoms with van der Waals surface area (Å²) in [7, 11) is 0.664. The molecule has 0 aromatic heterocycles. The first-order chi connectivity index (χ1) is 6.54. The Balaban J connectivity index is 2.11. The van der Waals surface area contributed by atoms with E-state index in [1.807, 2.05) is 0 Å². The normalized spacial score (nSPS) is 50.0. The minimum atomic E-state index is 0.311. The van der Waals surface area contributed by atoms with Crippen LogP contribution in [0.4, 0.5) is 0 Å². The molecule has 3 rings (SSSR count). The molecule has 1 fully saturated rings. The maximum Gasteiger partial charge on any atom is 0.0139 e. The summed E-state index contributed by atoms with van der Waals surface area (Å²) >= 11 is 0. The lowest BCUT2D eigenvalue weighted by molar-refractivity contribution is 0.475. The van der Waals surface area contributed by atoms with E-state index in [2.05, 4.69) is 33.5 Å². The standard InChI is InChI=1S/C12H18P2/c1-8-5-14-11(10(8)3)12(4)7-13(14)6-9(12)2/h6,11H,5,7H2,1-4H3. The predicted octanol–water partition coefficient (Wildman–Crippen LogP) is 4.52. The lowest BCUT2D eigenvalue weighted by Gasteiger charge is -2.34. The molecule has 2 heteroatoms. The fourth-order valence-electron chi connectivity index (χ4n) is 3.31. The molecule has 1 saturated heterocycles. The lowest BCUT2D eigenvalue weighted by atomic mass is 9.79. The van der Waals surface area contributed by atoms with Gasteiger partial charge in [0.05, 0.1) is 0 Å². The molecule has 14 heavy (non-hydrogen) atoms. The number of hydrogen-bond donors (Lipinski definition) is 0. The molecule has 0 N–H and O–H groups in total. The first-order valence-electron chi connectivity index (χ1n) is 5.42. The summed E-state index contributed by atoms with van der Waals surface area (Å²) in [6.45, 7) is 9.66. The number of hydrogen-bond acceptors (Lipinski definition) is 0. The fourth-order valence-corrected chi connectivity index (χ4v) is 14.5. The highest BCUT2D eigenvalue weighted by Gasteiger charge is 2.57. The lowest BCUT2D eigenvalue weighted by Crippen LogP contribution is -2.28. The third kappa shape index (κ3) is 0.929. The van der Waals surface area contributed by atoms with Crippen molar-refractivity contribution in [3.8, 4) is 0 Å². The van der Waals surface area contributed by atoms with Gasteiger partial charge in [-0.25, -0.2) is 0 Å². The summed E-state index contributed by atoms with van der Waals surface area (Å²) in [5, 5.41) is 0. The average Bonchev–Trinajstić information content (AvgIpc) is 2.64. The molecule has 0 aromatic rings. The largest absolute Gasteiger partial charge is 0.0691 e.